The van der Waals surface area contributed by atoms with E-state index >= 15 is 0 Å². The first-order valence-electron chi connectivity index (χ1n) is 9.26. The largest absolute Gasteiger partial charge is 0.308 e. The second-order valence-electron chi connectivity index (χ2n) is 7.90. The number of rotatable bonds is 4. The van der Waals surface area contributed by atoms with Crippen molar-refractivity contribution in [3.05, 3.63) is 0 Å². The average molecular weight is 311 g/mol. The maximum Gasteiger partial charge on any atom is 0.0309 e. The standard InChI is InChI=1S/C18H34N2S/c1-4-21-16-8-7-15(11-16)20-13-18(9-5-6-10-18)19-12-17(20)14(2)3/h14-17,19H,4-13H2,1-3H3. The van der Waals surface area contributed by atoms with Gasteiger partial charge >= 0.3 is 0 Å². The van der Waals surface area contributed by atoms with Crippen molar-refractivity contribution >= 4 is 11.8 Å². The second-order valence-corrected chi connectivity index (χ2v) is 9.47. The molecule has 2 nitrogen and oxygen atoms in total. The molecule has 0 bridgehead atoms. The molecule has 3 atom stereocenters. The van der Waals surface area contributed by atoms with Crippen LogP contribution in [0.4, 0.5) is 0 Å². The predicted octanol–water partition coefficient (Wildman–Crippen LogP) is 3.90. The molecule has 0 amide bonds. The quantitative estimate of drug-likeness (QED) is 0.848. The summed E-state index contributed by atoms with van der Waals surface area (Å²) in [5.74, 6) is 2.06. The molecular weight excluding hydrogens is 276 g/mol. The van der Waals surface area contributed by atoms with Gasteiger partial charge in [-0.25, -0.2) is 0 Å². The molecule has 0 radical (unpaired) electrons. The SMILES string of the molecule is CCSC1CCC(N2CC3(CCCC3)NCC2C(C)C)C1. The van der Waals surface area contributed by atoms with E-state index in [9.17, 15) is 0 Å². The van der Waals surface area contributed by atoms with Gasteiger partial charge in [-0.2, -0.15) is 11.8 Å². The molecule has 3 heteroatoms. The Labute approximate surface area is 135 Å². The third-order valence-corrected chi connectivity index (χ3v) is 7.39. The first-order valence-corrected chi connectivity index (χ1v) is 10.3. The van der Waals surface area contributed by atoms with Gasteiger partial charge in [0, 0.05) is 36.0 Å². The first-order chi connectivity index (χ1) is 10.1. The van der Waals surface area contributed by atoms with E-state index in [1.54, 1.807) is 0 Å². The molecule has 1 saturated heterocycles. The van der Waals surface area contributed by atoms with Gasteiger partial charge in [-0.15, -0.1) is 0 Å². The molecule has 2 saturated carbocycles. The van der Waals surface area contributed by atoms with Crippen LogP contribution in [0.15, 0.2) is 0 Å². The van der Waals surface area contributed by atoms with E-state index < -0.39 is 0 Å². The molecule has 1 aliphatic heterocycles. The Morgan fingerprint density at radius 3 is 2.67 bits per heavy atom. The summed E-state index contributed by atoms with van der Waals surface area (Å²) < 4.78 is 0. The highest BCUT2D eigenvalue weighted by Gasteiger charge is 2.45. The lowest BCUT2D eigenvalue weighted by molar-refractivity contribution is 0.0239. The molecule has 122 valence electrons. The highest BCUT2D eigenvalue weighted by atomic mass is 32.2. The van der Waals surface area contributed by atoms with Gasteiger partial charge in [0.25, 0.3) is 0 Å². The number of nitrogens with zero attached hydrogens (tertiary/aromatic N) is 1. The Morgan fingerprint density at radius 2 is 2.00 bits per heavy atom. The number of thioether (sulfide) groups is 1. The van der Waals surface area contributed by atoms with Crippen LogP contribution in [-0.2, 0) is 0 Å². The maximum absolute atomic E-state index is 3.97. The minimum atomic E-state index is 0.474. The van der Waals surface area contributed by atoms with Crippen LogP contribution in [0, 0.1) is 5.92 Å². The average Bonchev–Trinajstić information content (AvgIpc) is 3.09. The smallest absolute Gasteiger partial charge is 0.0309 e. The van der Waals surface area contributed by atoms with Crippen LogP contribution < -0.4 is 5.32 Å². The molecule has 0 aromatic heterocycles. The third kappa shape index (κ3) is 3.45. The zero-order valence-corrected chi connectivity index (χ0v) is 15.1. The maximum atomic E-state index is 3.97. The van der Waals surface area contributed by atoms with Gasteiger partial charge in [0.05, 0.1) is 0 Å². The van der Waals surface area contributed by atoms with Crippen molar-refractivity contribution in [1.29, 1.82) is 0 Å². The van der Waals surface area contributed by atoms with Gasteiger partial charge in [-0.05, 0) is 43.8 Å². The van der Waals surface area contributed by atoms with Crippen molar-refractivity contribution < 1.29 is 0 Å². The van der Waals surface area contributed by atoms with Gasteiger partial charge in [0.2, 0.25) is 0 Å². The second kappa shape index (κ2) is 6.80. The minimum Gasteiger partial charge on any atom is -0.308 e. The fourth-order valence-corrected chi connectivity index (χ4v) is 6.10. The Morgan fingerprint density at radius 1 is 1.24 bits per heavy atom. The molecule has 3 rings (SSSR count). The Kier molecular flexibility index (Phi) is 5.23. The van der Waals surface area contributed by atoms with E-state index in [1.807, 2.05) is 0 Å². The van der Waals surface area contributed by atoms with E-state index in [1.165, 1.54) is 63.8 Å². The highest BCUT2D eigenvalue weighted by Crippen LogP contribution is 2.39. The summed E-state index contributed by atoms with van der Waals surface area (Å²) in [5, 5.41) is 4.90. The summed E-state index contributed by atoms with van der Waals surface area (Å²) in [6, 6.07) is 1.62. The van der Waals surface area contributed by atoms with Crippen molar-refractivity contribution in [3.8, 4) is 0 Å². The summed E-state index contributed by atoms with van der Waals surface area (Å²) in [7, 11) is 0. The Hall–Kier alpha value is 0.270. The normalized spacial score (nSPS) is 36.9. The fourth-order valence-electron chi connectivity index (χ4n) is 4.97. The highest BCUT2D eigenvalue weighted by molar-refractivity contribution is 7.99. The molecule has 0 aromatic rings. The molecule has 0 aromatic carbocycles. The predicted molar refractivity (Wildman–Crippen MR) is 94.1 cm³/mol. The molecule has 1 spiro atoms. The Bertz CT molecular complexity index is 338. The Balaban J connectivity index is 1.69. The zero-order chi connectivity index (χ0) is 14.9. The number of hydrogen-bond donors (Lipinski definition) is 1. The topological polar surface area (TPSA) is 15.3 Å². The number of nitrogens with one attached hydrogen (secondary N) is 1. The van der Waals surface area contributed by atoms with Crippen LogP contribution in [0.5, 0.6) is 0 Å². The van der Waals surface area contributed by atoms with Crippen LogP contribution in [0.3, 0.4) is 0 Å². The van der Waals surface area contributed by atoms with E-state index in [4.69, 9.17) is 0 Å². The van der Waals surface area contributed by atoms with Gasteiger partial charge in [0.1, 0.15) is 0 Å². The lowest BCUT2D eigenvalue weighted by atomic mass is 9.87. The van der Waals surface area contributed by atoms with Crippen molar-refractivity contribution in [2.24, 2.45) is 5.92 Å². The fraction of sp³-hybridized carbons (Fsp3) is 1.00. The monoisotopic (exact) mass is 310 g/mol. The van der Waals surface area contributed by atoms with Crippen LogP contribution in [-0.4, -0.2) is 46.6 Å². The molecule has 3 fully saturated rings. The summed E-state index contributed by atoms with van der Waals surface area (Å²) >= 11 is 2.20. The van der Waals surface area contributed by atoms with Crippen LogP contribution in [0.25, 0.3) is 0 Å². The number of hydrogen-bond acceptors (Lipinski definition) is 3. The molecular formula is C18H34N2S. The molecule has 1 N–H and O–H groups in total. The van der Waals surface area contributed by atoms with Crippen molar-refractivity contribution in [2.75, 3.05) is 18.8 Å². The summed E-state index contributed by atoms with van der Waals surface area (Å²) in [4.78, 5) is 2.95. The van der Waals surface area contributed by atoms with Crippen LogP contribution in [0.1, 0.15) is 65.7 Å². The summed E-state index contributed by atoms with van der Waals surface area (Å²) in [5.41, 5.74) is 0.474. The van der Waals surface area contributed by atoms with Gasteiger partial charge in [-0.1, -0.05) is 33.6 Å². The number of piperazine rings is 1. The summed E-state index contributed by atoms with van der Waals surface area (Å²) in [6.45, 7) is 9.69. The van der Waals surface area contributed by atoms with Gasteiger partial charge in [-0.3, -0.25) is 4.90 Å². The van der Waals surface area contributed by atoms with Crippen molar-refractivity contribution in [1.82, 2.24) is 10.2 Å². The van der Waals surface area contributed by atoms with E-state index in [2.05, 4.69) is 42.7 Å². The van der Waals surface area contributed by atoms with Gasteiger partial charge in [0.15, 0.2) is 0 Å². The summed E-state index contributed by atoms with van der Waals surface area (Å²) in [6.07, 6.45) is 10.0. The molecule has 2 aliphatic carbocycles. The van der Waals surface area contributed by atoms with E-state index in [-0.39, 0.29) is 0 Å². The molecule has 21 heavy (non-hydrogen) atoms. The van der Waals surface area contributed by atoms with Crippen molar-refractivity contribution in [2.45, 2.75) is 88.6 Å². The molecule has 1 heterocycles. The van der Waals surface area contributed by atoms with E-state index in [0.717, 1.165) is 23.3 Å². The van der Waals surface area contributed by atoms with Gasteiger partial charge < -0.3 is 5.32 Å². The molecule has 3 unspecified atom stereocenters. The van der Waals surface area contributed by atoms with Crippen LogP contribution in [0.2, 0.25) is 0 Å². The lowest BCUT2D eigenvalue weighted by Gasteiger charge is -2.50. The zero-order valence-electron chi connectivity index (χ0n) is 14.2. The van der Waals surface area contributed by atoms with E-state index in [0.29, 0.717) is 5.54 Å². The lowest BCUT2D eigenvalue weighted by Crippen LogP contribution is -2.66. The third-order valence-electron chi connectivity index (χ3n) is 6.16. The molecule has 3 aliphatic rings. The minimum absolute atomic E-state index is 0.474. The first kappa shape index (κ1) is 16.1. The van der Waals surface area contributed by atoms with Crippen molar-refractivity contribution in [3.63, 3.8) is 0 Å². The van der Waals surface area contributed by atoms with Crippen LogP contribution >= 0.6 is 11.8 Å².